The number of amides is 1. The van der Waals surface area contributed by atoms with Gasteiger partial charge in [-0.1, -0.05) is 48.6 Å². The highest BCUT2D eigenvalue weighted by atomic mass is 16.3. The molecule has 0 bridgehead atoms. The molecule has 0 aliphatic rings. The van der Waals surface area contributed by atoms with Crippen molar-refractivity contribution in [3.05, 3.63) is 101 Å². The molecule has 4 rings (SSSR count). The maximum Gasteiger partial charge on any atom is 0.255 e. The van der Waals surface area contributed by atoms with Gasteiger partial charge < -0.3 is 9.73 Å². The lowest BCUT2D eigenvalue weighted by atomic mass is 10.1. The minimum absolute atomic E-state index is 0.106. The van der Waals surface area contributed by atoms with E-state index in [0.717, 1.165) is 33.3 Å². The quantitative estimate of drug-likeness (QED) is 0.446. The van der Waals surface area contributed by atoms with Gasteiger partial charge in [-0.25, -0.2) is 0 Å². The lowest BCUT2D eigenvalue weighted by Crippen LogP contribution is -2.12. The number of hydrogen-bond donors (Lipinski definition) is 1. The second kappa shape index (κ2) is 7.34. The molecule has 4 aromatic rings. The first-order chi connectivity index (χ1) is 13.2. The van der Waals surface area contributed by atoms with Crippen LogP contribution < -0.4 is 5.32 Å². The van der Waals surface area contributed by atoms with E-state index in [0.29, 0.717) is 5.56 Å². The fourth-order valence-corrected chi connectivity index (χ4v) is 2.94. The number of carbonyl (C=O) groups is 1. The van der Waals surface area contributed by atoms with Crippen molar-refractivity contribution in [1.82, 2.24) is 0 Å². The van der Waals surface area contributed by atoms with E-state index in [1.807, 2.05) is 67.6 Å². The van der Waals surface area contributed by atoms with Gasteiger partial charge in [-0.2, -0.15) is 0 Å². The maximum atomic E-state index is 12.4. The third kappa shape index (κ3) is 3.82. The summed E-state index contributed by atoms with van der Waals surface area (Å²) < 4.78 is 5.37. The summed E-state index contributed by atoms with van der Waals surface area (Å²) in [6.45, 7) is 1.99. The molecule has 1 heterocycles. The Morgan fingerprint density at radius 2 is 1.63 bits per heavy atom. The second-order valence-corrected chi connectivity index (χ2v) is 6.45. The minimum atomic E-state index is -0.106. The van der Waals surface area contributed by atoms with Gasteiger partial charge in [0.15, 0.2) is 0 Å². The summed E-state index contributed by atoms with van der Waals surface area (Å²) in [4.78, 5) is 12.4. The molecule has 3 aromatic carbocycles. The summed E-state index contributed by atoms with van der Waals surface area (Å²) in [5.74, 6) is -0.106. The highest BCUT2D eigenvalue weighted by Gasteiger charge is 2.07. The van der Waals surface area contributed by atoms with E-state index in [4.69, 9.17) is 4.42 Å². The number of fused-ring (bicyclic) bond motifs is 1. The van der Waals surface area contributed by atoms with Crippen LogP contribution in [0.25, 0.3) is 23.1 Å². The Labute approximate surface area is 158 Å². The Morgan fingerprint density at radius 3 is 2.44 bits per heavy atom. The van der Waals surface area contributed by atoms with E-state index in [2.05, 4.69) is 17.5 Å². The topological polar surface area (TPSA) is 42.2 Å². The lowest BCUT2D eigenvalue weighted by molar-refractivity contribution is 0.102. The predicted molar refractivity (Wildman–Crippen MR) is 111 cm³/mol. The Kier molecular flexibility index (Phi) is 4.58. The first-order valence-electron chi connectivity index (χ1n) is 8.81. The van der Waals surface area contributed by atoms with Crippen LogP contribution in [-0.2, 0) is 0 Å². The standard InChI is InChI=1S/C24H19NO2/c1-17-7-8-19(10-9-18-11-12-23-21(15-18)13-14-27-23)16-22(17)25-24(26)20-5-3-2-4-6-20/h2-16H,1H3,(H,25,26)/b10-9+. The van der Waals surface area contributed by atoms with Gasteiger partial charge in [0.2, 0.25) is 0 Å². The van der Waals surface area contributed by atoms with Gasteiger partial charge in [0.25, 0.3) is 5.91 Å². The highest BCUT2D eigenvalue weighted by Crippen LogP contribution is 2.21. The summed E-state index contributed by atoms with van der Waals surface area (Å²) in [6, 6.07) is 23.3. The van der Waals surface area contributed by atoms with Crippen molar-refractivity contribution >= 4 is 34.7 Å². The first kappa shape index (κ1) is 16.9. The van der Waals surface area contributed by atoms with Gasteiger partial charge in [0.05, 0.1) is 6.26 Å². The molecule has 3 nitrogen and oxygen atoms in total. The van der Waals surface area contributed by atoms with Crippen LogP contribution in [0.1, 0.15) is 27.0 Å². The number of benzene rings is 3. The summed E-state index contributed by atoms with van der Waals surface area (Å²) in [5.41, 5.74) is 5.49. The molecule has 0 spiro atoms. The van der Waals surface area contributed by atoms with Crippen LogP contribution in [0.15, 0.2) is 83.5 Å². The van der Waals surface area contributed by atoms with Gasteiger partial charge in [0.1, 0.15) is 5.58 Å². The van der Waals surface area contributed by atoms with Crippen molar-refractivity contribution in [1.29, 1.82) is 0 Å². The van der Waals surface area contributed by atoms with E-state index in [9.17, 15) is 4.79 Å². The van der Waals surface area contributed by atoms with Gasteiger partial charge >= 0.3 is 0 Å². The number of anilines is 1. The number of nitrogens with one attached hydrogen (secondary N) is 1. The van der Waals surface area contributed by atoms with Gasteiger partial charge in [-0.3, -0.25) is 4.79 Å². The molecule has 1 N–H and O–H groups in total. The zero-order valence-electron chi connectivity index (χ0n) is 15.0. The SMILES string of the molecule is Cc1ccc(/C=C/c2ccc3occc3c2)cc1NC(=O)c1ccccc1. The smallest absolute Gasteiger partial charge is 0.255 e. The molecule has 0 radical (unpaired) electrons. The molecular weight excluding hydrogens is 334 g/mol. The largest absolute Gasteiger partial charge is 0.464 e. The predicted octanol–water partition coefficient (Wildman–Crippen LogP) is 6.16. The van der Waals surface area contributed by atoms with Crippen LogP contribution >= 0.6 is 0 Å². The van der Waals surface area contributed by atoms with Crippen molar-refractivity contribution in [2.75, 3.05) is 5.32 Å². The van der Waals surface area contributed by atoms with Gasteiger partial charge in [-0.15, -0.1) is 0 Å². The molecule has 3 heteroatoms. The minimum Gasteiger partial charge on any atom is -0.464 e. The number of aryl methyl sites for hydroxylation is 1. The second-order valence-electron chi connectivity index (χ2n) is 6.45. The average molecular weight is 353 g/mol. The third-order valence-electron chi connectivity index (χ3n) is 4.49. The summed E-state index contributed by atoms with van der Waals surface area (Å²) in [5, 5.41) is 4.08. The Balaban J connectivity index is 1.55. The molecule has 1 amide bonds. The number of rotatable bonds is 4. The first-order valence-corrected chi connectivity index (χ1v) is 8.81. The Bertz CT molecular complexity index is 1120. The molecule has 132 valence electrons. The Hall–Kier alpha value is -3.59. The van der Waals surface area contributed by atoms with E-state index in [-0.39, 0.29) is 5.91 Å². The molecule has 0 atom stereocenters. The summed E-state index contributed by atoms with van der Waals surface area (Å²) in [6.07, 6.45) is 5.79. The van der Waals surface area contributed by atoms with Crippen LogP contribution in [0.4, 0.5) is 5.69 Å². The van der Waals surface area contributed by atoms with E-state index < -0.39 is 0 Å². The molecule has 0 fully saturated rings. The monoisotopic (exact) mass is 353 g/mol. The summed E-state index contributed by atoms with van der Waals surface area (Å²) >= 11 is 0. The molecule has 0 saturated carbocycles. The molecule has 1 aromatic heterocycles. The van der Waals surface area contributed by atoms with Crippen LogP contribution in [0, 0.1) is 6.92 Å². The molecule has 27 heavy (non-hydrogen) atoms. The van der Waals surface area contributed by atoms with Crippen LogP contribution in [0.3, 0.4) is 0 Å². The molecule has 0 aliphatic heterocycles. The highest BCUT2D eigenvalue weighted by molar-refractivity contribution is 6.04. The van der Waals surface area contributed by atoms with Crippen molar-refractivity contribution in [3.63, 3.8) is 0 Å². The molecular formula is C24H19NO2. The van der Waals surface area contributed by atoms with Crippen molar-refractivity contribution in [2.24, 2.45) is 0 Å². The van der Waals surface area contributed by atoms with Crippen molar-refractivity contribution in [2.45, 2.75) is 6.92 Å². The Morgan fingerprint density at radius 1 is 0.889 bits per heavy atom. The normalized spacial score (nSPS) is 11.1. The molecule has 0 saturated heterocycles. The zero-order chi connectivity index (χ0) is 18.6. The number of furan rings is 1. The fraction of sp³-hybridized carbons (Fsp3) is 0.0417. The van der Waals surface area contributed by atoms with Crippen molar-refractivity contribution in [3.8, 4) is 0 Å². The number of hydrogen-bond acceptors (Lipinski definition) is 2. The van der Waals surface area contributed by atoms with Gasteiger partial charge in [-0.05, 0) is 60.0 Å². The van der Waals surface area contributed by atoms with Crippen LogP contribution in [0.2, 0.25) is 0 Å². The zero-order valence-corrected chi connectivity index (χ0v) is 15.0. The van der Waals surface area contributed by atoms with Gasteiger partial charge in [0, 0.05) is 16.6 Å². The molecule has 0 unspecified atom stereocenters. The van der Waals surface area contributed by atoms with Crippen molar-refractivity contribution < 1.29 is 9.21 Å². The van der Waals surface area contributed by atoms with Crippen LogP contribution in [-0.4, -0.2) is 5.91 Å². The third-order valence-corrected chi connectivity index (χ3v) is 4.49. The lowest BCUT2D eigenvalue weighted by Gasteiger charge is -2.09. The fourth-order valence-electron chi connectivity index (χ4n) is 2.94. The summed E-state index contributed by atoms with van der Waals surface area (Å²) in [7, 11) is 0. The number of carbonyl (C=O) groups excluding carboxylic acids is 1. The maximum absolute atomic E-state index is 12.4. The van der Waals surface area contributed by atoms with E-state index in [1.54, 1.807) is 18.4 Å². The van der Waals surface area contributed by atoms with E-state index >= 15 is 0 Å². The van der Waals surface area contributed by atoms with Crippen LogP contribution in [0.5, 0.6) is 0 Å². The average Bonchev–Trinajstić information content (AvgIpc) is 3.17. The van der Waals surface area contributed by atoms with E-state index in [1.165, 1.54) is 0 Å². The molecule has 0 aliphatic carbocycles.